The zero-order valence-corrected chi connectivity index (χ0v) is 12.2. The topological polar surface area (TPSA) is 50.4 Å². The summed E-state index contributed by atoms with van der Waals surface area (Å²) < 4.78 is 5.25. The third-order valence-electron chi connectivity index (χ3n) is 3.55. The van der Waals surface area contributed by atoms with Crippen LogP contribution in [-0.2, 0) is 4.79 Å². The molecule has 5 heteroatoms. The highest BCUT2D eigenvalue weighted by Crippen LogP contribution is 2.31. The van der Waals surface area contributed by atoms with Crippen LogP contribution in [0, 0.1) is 12.8 Å². The monoisotopic (exact) mass is 282 g/mol. The van der Waals surface area contributed by atoms with Crippen molar-refractivity contribution in [1.82, 2.24) is 5.32 Å². The lowest BCUT2D eigenvalue weighted by Crippen LogP contribution is -2.39. The van der Waals surface area contributed by atoms with Crippen molar-refractivity contribution >= 4 is 23.2 Å². The summed E-state index contributed by atoms with van der Waals surface area (Å²) in [7, 11) is 1.56. The Morgan fingerprint density at radius 2 is 2.26 bits per heavy atom. The van der Waals surface area contributed by atoms with E-state index in [-0.39, 0.29) is 11.9 Å². The minimum Gasteiger partial charge on any atom is -0.495 e. The number of aryl methyl sites for hydroxylation is 1. The van der Waals surface area contributed by atoms with Crippen LogP contribution in [-0.4, -0.2) is 25.6 Å². The zero-order chi connectivity index (χ0) is 14.0. The average Bonchev–Trinajstić information content (AvgIpc) is 2.79. The minimum absolute atomic E-state index is 0.0231. The van der Waals surface area contributed by atoms with Gasteiger partial charge in [-0.1, -0.05) is 18.5 Å². The number of hydrogen-bond donors (Lipinski definition) is 2. The summed E-state index contributed by atoms with van der Waals surface area (Å²) in [6.07, 6.45) is 1.02. The van der Waals surface area contributed by atoms with E-state index < -0.39 is 0 Å². The second kappa shape index (κ2) is 5.80. The average molecular weight is 283 g/mol. The Balaban J connectivity index is 2.18. The summed E-state index contributed by atoms with van der Waals surface area (Å²) in [4.78, 5) is 12.2. The number of carbonyl (C=O) groups is 1. The molecular formula is C14H19ClN2O2. The third-order valence-corrected chi connectivity index (χ3v) is 3.96. The Labute approximate surface area is 118 Å². The van der Waals surface area contributed by atoms with Crippen molar-refractivity contribution < 1.29 is 9.53 Å². The van der Waals surface area contributed by atoms with Crippen molar-refractivity contribution in [2.45, 2.75) is 26.3 Å². The fourth-order valence-electron chi connectivity index (χ4n) is 2.33. The summed E-state index contributed by atoms with van der Waals surface area (Å²) in [5, 5.41) is 6.75. The molecule has 2 atom stereocenters. The van der Waals surface area contributed by atoms with E-state index >= 15 is 0 Å². The largest absolute Gasteiger partial charge is 0.495 e. The van der Waals surface area contributed by atoms with Gasteiger partial charge in [0.25, 0.3) is 0 Å². The molecule has 0 bridgehead atoms. The fraction of sp³-hybridized carbons (Fsp3) is 0.500. The highest BCUT2D eigenvalue weighted by molar-refractivity contribution is 6.31. The van der Waals surface area contributed by atoms with Crippen molar-refractivity contribution in [3.05, 3.63) is 22.7 Å². The number of rotatable bonds is 3. The van der Waals surface area contributed by atoms with E-state index in [1.165, 1.54) is 0 Å². The number of hydrogen-bond acceptors (Lipinski definition) is 3. The maximum atomic E-state index is 12.2. The maximum absolute atomic E-state index is 12.2. The van der Waals surface area contributed by atoms with Crippen molar-refractivity contribution in [2.24, 2.45) is 5.92 Å². The molecule has 0 aliphatic carbocycles. The van der Waals surface area contributed by atoms with Crippen molar-refractivity contribution in [3.8, 4) is 5.75 Å². The molecular weight excluding hydrogens is 264 g/mol. The van der Waals surface area contributed by atoms with E-state index in [4.69, 9.17) is 16.3 Å². The molecule has 0 saturated carbocycles. The Morgan fingerprint density at radius 1 is 1.53 bits per heavy atom. The molecule has 0 spiro atoms. The second-order valence-electron chi connectivity index (χ2n) is 4.99. The summed E-state index contributed by atoms with van der Waals surface area (Å²) >= 11 is 6.05. The first-order chi connectivity index (χ1) is 9.02. The number of methoxy groups -OCH3 is 1. The van der Waals surface area contributed by atoms with Gasteiger partial charge in [-0.25, -0.2) is 0 Å². The number of ether oxygens (including phenoxy) is 1. The van der Waals surface area contributed by atoms with Gasteiger partial charge in [0.05, 0.1) is 18.8 Å². The van der Waals surface area contributed by atoms with Gasteiger partial charge in [0.15, 0.2) is 0 Å². The predicted octanol–water partition coefficient (Wildman–Crippen LogP) is 2.59. The molecule has 2 unspecified atom stereocenters. The van der Waals surface area contributed by atoms with E-state index in [1.54, 1.807) is 13.2 Å². The van der Waals surface area contributed by atoms with E-state index in [1.807, 2.05) is 13.0 Å². The first-order valence-electron chi connectivity index (χ1n) is 6.41. The molecule has 1 aliphatic heterocycles. The lowest BCUT2D eigenvalue weighted by molar-refractivity contribution is -0.118. The van der Waals surface area contributed by atoms with E-state index in [0.29, 0.717) is 22.4 Å². The molecule has 1 fully saturated rings. The van der Waals surface area contributed by atoms with E-state index in [2.05, 4.69) is 17.6 Å². The molecule has 1 aliphatic rings. The predicted molar refractivity (Wildman–Crippen MR) is 76.9 cm³/mol. The normalized spacial score (nSPS) is 22.3. The Hall–Kier alpha value is -1.26. The maximum Gasteiger partial charge on any atom is 0.241 e. The Bertz CT molecular complexity index is 491. The fourth-order valence-corrected chi connectivity index (χ4v) is 2.48. The molecule has 19 heavy (non-hydrogen) atoms. The van der Waals surface area contributed by atoms with Crippen molar-refractivity contribution in [2.75, 3.05) is 19.0 Å². The van der Waals surface area contributed by atoms with Gasteiger partial charge in [-0.15, -0.1) is 0 Å². The molecule has 0 radical (unpaired) electrons. The van der Waals surface area contributed by atoms with Crippen LogP contribution in [0.15, 0.2) is 12.1 Å². The van der Waals surface area contributed by atoms with Crippen LogP contribution in [0.1, 0.15) is 18.9 Å². The standard InChI is InChI=1S/C14H19ClN2O2/c1-8-4-5-16-13(8)14(18)17-11-6-9(2)10(15)7-12(11)19-3/h6-8,13,16H,4-5H2,1-3H3,(H,17,18). The van der Waals surface area contributed by atoms with Crippen LogP contribution in [0.2, 0.25) is 5.02 Å². The van der Waals surface area contributed by atoms with Gasteiger partial charge >= 0.3 is 0 Å². The molecule has 1 amide bonds. The molecule has 104 valence electrons. The number of anilines is 1. The molecule has 1 aromatic rings. The molecule has 2 N–H and O–H groups in total. The number of benzene rings is 1. The van der Waals surface area contributed by atoms with Crippen LogP contribution in [0.5, 0.6) is 5.75 Å². The highest BCUT2D eigenvalue weighted by atomic mass is 35.5. The molecule has 4 nitrogen and oxygen atoms in total. The Kier molecular flexibility index (Phi) is 4.32. The molecule has 0 aromatic heterocycles. The first-order valence-corrected chi connectivity index (χ1v) is 6.79. The quantitative estimate of drug-likeness (QED) is 0.896. The summed E-state index contributed by atoms with van der Waals surface area (Å²) in [5.41, 5.74) is 1.57. The summed E-state index contributed by atoms with van der Waals surface area (Å²) in [6.45, 7) is 4.86. The summed E-state index contributed by atoms with van der Waals surface area (Å²) in [5.74, 6) is 0.902. The van der Waals surface area contributed by atoms with Crippen LogP contribution >= 0.6 is 11.6 Å². The van der Waals surface area contributed by atoms with Gasteiger partial charge in [-0.2, -0.15) is 0 Å². The number of nitrogens with one attached hydrogen (secondary N) is 2. The minimum atomic E-state index is -0.138. The lowest BCUT2D eigenvalue weighted by atomic mass is 10.0. The zero-order valence-electron chi connectivity index (χ0n) is 11.4. The van der Waals surface area contributed by atoms with Crippen LogP contribution in [0.3, 0.4) is 0 Å². The van der Waals surface area contributed by atoms with E-state index in [9.17, 15) is 4.79 Å². The van der Waals surface area contributed by atoms with Crippen LogP contribution < -0.4 is 15.4 Å². The van der Waals surface area contributed by atoms with Crippen molar-refractivity contribution in [3.63, 3.8) is 0 Å². The van der Waals surface area contributed by atoms with Gasteiger partial charge < -0.3 is 15.4 Å². The number of carbonyl (C=O) groups excluding carboxylic acids is 1. The van der Waals surface area contributed by atoms with Gasteiger partial charge in [0.1, 0.15) is 5.75 Å². The third kappa shape index (κ3) is 3.01. The molecule has 1 saturated heterocycles. The SMILES string of the molecule is COc1cc(Cl)c(C)cc1NC(=O)C1NCCC1C. The summed E-state index contributed by atoms with van der Waals surface area (Å²) in [6, 6.07) is 3.41. The van der Waals surface area contributed by atoms with Crippen LogP contribution in [0.25, 0.3) is 0 Å². The molecule has 1 aromatic carbocycles. The van der Waals surface area contributed by atoms with Crippen LogP contribution in [0.4, 0.5) is 5.69 Å². The smallest absolute Gasteiger partial charge is 0.241 e. The number of amides is 1. The van der Waals surface area contributed by atoms with E-state index in [0.717, 1.165) is 18.5 Å². The van der Waals surface area contributed by atoms with Gasteiger partial charge in [-0.05, 0) is 37.4 Å². The first kappa shape index (κ1) is 14.2. The highest BCUT2D eigenvalue weighted by Gasteiger charge is 2.29. The molecule has 2 rings (SSSR count). The Morgan fingerprint density at radius 3 is 2.84 bits per heavy atom. The second-order valence-corrected chi connectivity index (χ2v) is 5.40. The molecule has 1 heterocycles. The van der Waals surface area contributed by atoms with Gasteiger partial charge in [0.2, 0.25) is 5.91 Å². The lowest BCUT2D eigenvalue weighted by Gasteiger charge is -2.17. The van der Waals surface area contributed by atoms with Gasteiger partial charge in [0, 0.05) is 11.1 Å². The van der Waals surface area contributed by atoms with Crippen molar-refractivity contribution in [1.29, 1.82) is 0 Å². The van der Waals surface area contributed by atoms with Gasteiger partial charge in [-0.3, -0.25) is 4.79 Å². The number of halogens is 1.